The van der Waals surface area contributed by atoms with Gasteiger partial charge in [-0.3, -0.25) is 4.98 Å². The van der Waals surface area contributed by atoms with Crippen molar-refractivity contribution in [2.45, 2.75) is 6.10 Å². The summed E-state index contributed by atoms with van der Waals surface area (Å²) in [5.74, 6) is -0.669. The number of hydrogen-bond acceptors (Lipinski definition) is 6. The third-order valence-electron chi connectivity index (χ3n) is 2.38. The van der Waals surface area contributed by atoms with E-state index in [9.17, 15) is 4.79 Å². The summed E-state index contributed by atoms with van der Waals surface area (Å²) < 4.78 is 5.19. The van der Waals surface area contributed by atoms with Crippen molar-refractivity contribution < 1.29 is 14.6 Å². The molecule has 17 heavy (non-hydrogen) atoms. The van der Waals surface area contributed by atoms with Crippen molar-refractivity contribution in [3.63, 3.8) is 0 Å². The number of ether oxygens (including phenoxy) is 1. The highest BCUT2D eigenvalue weighted by Crippen LogP contribution is 2.14. The van der Waals surface area contributed by atoms with Crippen molar-refractivity contribution in [2.75, 3.05) is 24.6 Å². The SMILES string of the molecule is N#CC1CN(c2cncc(C(=O)O)n2)CCO1. The summed E-state index contributed by atoms with van der Waals surface area (Å²) in [5, 5.41) is 17.6. The zero-order chi connectivity index (χ0) is 12.3. The molecule has 1 aliphatic rings. The first-order valence-electron chi connectivity index (χ1n) is 5.02. The van der Waals surface area contributed by atoms with Gasteiger partial charge in [-0.25, -0.2) is 9.78 Å². The van der Waals surface area contributed by atoms with E-state index in [0.717, 1.165) is 0 Å². The Balaban J connectivity index is 2.19. The Morgan fingerprint density at radius 3 is 3.18 bits per heavy atom. The predicted molar refractivity (Wildman–Crippen MR) is 56.6 cm³/mol. The summed E-state index contributed by atoms with van der Waals surface area (Å²) in [5.41, 5.74) is -0.109. The zero-order valence-electron chi connectivity index (χ0n) is 8.91. The summed E-state index contributed by atoms with van der Waals surface area (Å²) >= 11 is 0. The first kappa shape index (κ1) is 11.3. The molecule has 7 heteroatoms. The van der Waals surface area contributed by atoms with Crippen molar-refractivity contribution in [1.82, 2.24) is 9.97 Å². The maximum absolute atomic E-state index is 10.8. The van der Waals surface area contributed by atoms with E-state index in [-0.39, 0.29) is 5.69 Å². The molecule has 0 spiro atoms. The van der Waals surface area contributed by atoms with E-state index in [1.807, 2.05) is 6.07 Å². The number of carboxylic acid groups (broad SMARTS) is 1. The average Bonchev–Trinajstić information content (AvgIpc) is 2.39. The highest BCUT2D eigenvalue weighted by atomic mass is 16.5. The highest BCUT2D eigenvalue weighted by molar-refractivity contribution is 5.85. The molecule has 0 aliphatic carbocycles. The lowest BCUT2D eigenvalue weighted by molar-refractivity contribution is 0.0689. The van der Waals surface area contributed by atoms with Crippen LogP contribution in [0.25, 0.3) is 0 Å². The molecule has 0 aromatic carbocycles. The van der Waals surface area contributed by atoms with Crippen molar-refractivity contribution >= 4 is 11.8 Å². The molecule has 1 fully saturated rings. The Hall–Kier alpha value is -2.20. The number of aromatic carboxylic acids is 1. The number of aromatic nitrogens is 2. The summed E-state index contributed by atoms with van der Waals surface area (Å²) in [6, 6.07) is 2.01. The third-order valence-corrected chi connectivity index (χ3v) is 2.38. The Kier molecular flexibility index (Phi) is 3.16. The molecule has 2 heterocycles. The number of nitriles is 1. The lowest BCUT2D eigenvalue weighted by Crippen LogP contribution is -2.42. The largest absolute Gasteiger partial charge is 0.476 e. The quantitative estimate of drug-likeness (QED) is 0.762. The van der Waals surface area contributed by atoms with Crippen LogP contribution in [0.5, 0.6) is 0 Å². The van der Waals surface area contributed by atoms with Gasteiger partial charge in [-0.05, 0) is 0 Å². The van der Waals surface area contributed by atoms with E-state index < -0.39 is 12.1 Å². The van der Waals surface area contributed by atoms with Crippen molar-refractivity contribution in [2.24, 2.45) is 0 Å². The molecular weight excluding hydrogens is 224 g/mol. The van der Waals surface area contributed by atoms with Crippen molar-refractivity contribution in [3.8, 4) is 6.07 Å². The molecular formula is C10H10N4O3. The smallest absolute Gasteiger partial charge is 0.356 e. The van der Waals surface area contributed by atoms with Crippen LogP contribution in [0.1, 0.15) is 10.5 Å². The molecule has 1 aliphatic heterocycles. The van der Waals surface area contributed by atoms with Gasteiger partial charge in [0.25, 0.3) is 0 Å². The van der Waals surface area contributed by atoms with E-state index in [2.05, 4.69) is 9.97 Å². The van der Waals surface area contributed by atoms with E-state index in [1.54, 1.807) is 4.90 Å². The molecule has 1 saturated heterocycles. The van der Waals surface area contributed by atoms with Gasteiger partial charge in [0.2, 0.25) is 0 Å². The van der Waals surface area contributed by atoms with E-state index >= 15 is 0 Å². The molecule has 0 bridgehead atoms. The van der Waals surface area contributed by atoms with Crippen LogP contribution in [0, 0.1) is 11.3 Å². The fourth-order valence-corrected chi connectivity index (χ4v) is 1.55. The minimum atomic E-state index is -1.12. The maximum atomic E-state index is 10.8. The van der Waals surface area contributed by atoms with Crippen LogP contribution in [0.15, 0.2) is 12.4 Å². The molecule has 1 atom stereocenters. The lowest BCUT2D eigenvalue weighted by atomic mass is 10.3. The number of morpholine rings is 1. The minimum Gasteiger partial charge on any atom is -0.476 e. The highest BCUT2D eigenvalue weighted by Gasteiger charge is 2.21. The van der Waals surface area contributed by atoms with Crippen LogP contribution in [0.3, 0.4) is 0 Å². The van der Waals surface area contributed by atoms with Crippen LogP contribution in [0.2, 0.25) is 0 Å². The number of carbonyl (C=O) groups is 1. The molecule has 1 aromatic heterocycles. The molecule has 2 rings (SSSR count). The van der Waals surface area contributed by atoms with Crippen molar-refractivity contribution in [1.29, 1.82) is 5.26 Å². The van der Waals surface area contributed by atoms with E-state index in [4.69, 9.17) is 15.1 Å². The second-order valence-electron chi connectivity index (χ2n) is 3.50. The Morgan fingerprint density at radius 2 is 2.47 bits per heavy atom. The topological polar surface area (TPSA) is 99.3 Å². The van der Waals surface area contributed by atoms with Gasteiger partial charge in [0.05, 0.1) is 31.6 Å². The number of anilines is 1. The fraction of sp³-hybridized carbons (Fsp3) is 0.400. The van der Waals surface area contributed by atoms with Crippen LogP contribution >= 0.6 is 0 Å². The first-order chi connectivity index (χ1) is 8.20. The summed E-state index contributed by atoms with van der Waals surface area (Å²) in [7, 11) is 0. The van der Waals surface area contributed by atoms with E-state index in [0.29, 0.717) is 25.5 Å². The molecule has 0 saturated carbocycles. The predicted octanol–water partition coefficient (Wildman–Crippen LogP) is -0.0964. The molecule has 7 nitrogen and oxygen atoms in total. The molecule has 0 amide bonds. The zero-order valence-corrected chi connectivity index (χ0v) is 8.91. The molecule has 1 aromatic rings. The average molecular weight is 234 g/mol. The Bertz CT molecular complexity index is 471. The van der Waals surface area contributed by atoms with Crippen LogP contribution in [-0.2, 0) is 4.74 Å². The third kappa shape index (κ3) is 2.49. The van der Waals surface area contributed by atoms with Gasteiger partial charge in [-0.1, -0.05) is 0 Å². The van der Waals surface area contributed by atoms with Crippen LogP contribution in [-0.4, -0.2) is 46.8 Å². The van der Waals surface area contributed by atoms with Gasteiger partial charge in [-0.2, -0.15) is 5.26 Å². The van der Waals surface area contributed by atoms with Gasteiger partial charge >= 0.3 is 5.97 Å². The second kappa shape index (κ2) is 4.76. The van der Waals surface area contributed by atoms with E-state index in [1.165, 1.54) is 12.4 Å². The Morgan fingerprint density at radius 1 is 1.65 bits per heavy atom. The fourth-order valence-electron chi connectivity index (χ4n) is 1.55. The standard InChI is InChI=1S/C10H10N4O3/c11-3-7-6-14(1-2-17-7)9-5-12-4-8(13-9)10(15)16/h4-5,7H,1-2,6H2,(H,15,16). The first-order valence-corrected chi connectivity index (χ1v) is 5.02. The lowest BCUT2D eigenvalue weighted by Gasteiger charge is -2.30. The van der Waals surface area contributed by atoms with Gasteiger partial charge in [-0.15, -0.1) is 0 Å². The van der Waals surface area contributed by atoms with Crippen LogP contribution in [0.4, 0.5) is 5.82 Å². The van der Waals surface area contributed by atoms with Gasteiger partial charge in [0, 0.05) is 6.54 Å². The molecule has 1 unspecified atom stereocenters. The summed E-state index contributed by atoms with van der Waals surface area (Å²) in [6.45, 7) is 1.35. The number of rotatable bonds is 2. The minimum absolute atomic E-state index is 0.109. The molecule has 0 radical (unpaired) electrons. The van der Waals surface area contributed by atoms with Gasteiger partial charge in [0.1, 0.15) is 5.82 Å². The van der Waals surface area contributed by atoms with Gasteiger partial charge in [0.15, 0.2) is 11.8 Å². The number of carboxylic acids is 1. The summed E-state index contributed by atoms with van der Waals surface area (Å²) in [4.78, 5) is 20.3. The Labute approximate surface area is 97.3 Å². The second-order valence-corrected chi connectivity index (χ2v) is 3.50. The van der Waals surface area contributed by atoms with Crippen molar-refractivity contribution in [3.05, 3.63) is 18.1 Å². The number of nitrogens with zero attached hydrogens (tertiary/aromatic N) is 4. The molecule has 1 N–H and O–H groups in total. The molecule has 88 valence electrons. The normalized spacial score (nSPS) is 19.7. The van der Waals surface area contributed by atoms with Crippen LogP contribution < -0.4 is 4.90 Å². The maximum Gasteiger partial charge on any atom is 0.356 e. The monoisotopic (exact) mass is 234 g/mol. The summed E-state index contributed by atoms with van der Waals surface area (Å²) in [6.07, 6.45) is 2.15. The number of hydrogen-bond donors (Lipinski definition) is 1. The van der Waals surface area contributed by atoms with Gasteiger partial charge < -0.3 is 14.7 Å².